The lowest BCUT2D eigenvalue weighted by Gasteiger charge is -2.09. The van der Waals surface area contributed by atoms with E-state index in [2.05, 4.69) is 33.4 Å². The highest BCUT2D eigenvalue weighted by Crippen LogP contribution is 2.35. The minimum Gasteiger partial charge on any atom is -0.497 e. The van der Waals surface area contributed by atoms with Crippen molar-refractivity contribution in [2.75, 3.05) is 7.11 Å². The van der Waals surface area contributed by atoms with Crippen LogP contribution in [0.25, 0.3) is 0 Å². The van der Waals surface area contributed by atoms with Crippen molar-refractivity contribution in [1.82, 2.24) is 15.2 Å². The number of hydrogen-bond donors (Lipinski definition) is 0. The summed E-state index contributed by atoms with van der Waals surface area (Å²) >= 11 is 4.98. The average Bonchev–Trinajstić information content (AvgIpc) is 3.26. The first-order chi connectivity index (χ1) is 14.8. The van der Waals surface area contributed by atoms with Crippen LogP contribution in [0, 0.1) is 0 Å². The van der Waals surface area contributed by atoms with Crippen molar-refractivity contribution in [3.05, 3.63) is 84.2 Å². The van der Waals surface area contributed by atoms with Gasteiger partial charge in [0, 0.05) is 23.3 Å². The van der Waals surface area contributed by atoms with E-state index in [0.717, 1.165) is 43.0 Å². The Hall–Kier alpha value is -2.55. The predicted octanol–water partition coefficient (Wildman–Crippen LogP) is 6.32. The molecule has 5 nitrogen and oxygen atoms in total. The summed E-state index contributed by atoms with van der Waals surface area (Å²) in [4.78, 5) is 4.10. The number of ether oxygens (including phenoxy) is 2. The van der Waals surface area contributed by atoms with Crippen molar-refractivity contribution in [3.8, 4) is 17.2 Å². The van der Waals surface area contributed by atoms with E-state index in [1.165, 1.54) is 5.56 Å². The summed E-state index contributed by atoms with van der Waals surface area (Å²) in [6, 6.07) is 19.9. The number of rotatable bonds is 9. The van der Waals surface area contributed by atoms with E-state index in [-0.39, 0.29) is 0 Å². The van der Waals surface area contributed by atoms with Crippen molar-refractivity contribution in [1.29, 1.82) is 0 Å². The quantitative estimate of drug-likeness (QED) is 0.275. The molecule has 0 bridgehead atoms. The monoisotopic (exact) mass is 453 g/mol. The van der Waals surface area contributed by atoms with Crippen molar-refractivity contribution in [2.24, 2.45) is 0 Å². The number of benzene rings is 2. The minimum absolute atomic E-state index is 0.725. The van der Waals surface area contributed by atoms with Crippen LogP contribution in [0.3, 0.4) is 0 Å². The molecule has 8 heteroatoms. The van der Waals surface area contributed by atoms with Gasteiger partial charge in [-0.3, -0.25) is 4.98 Å². The highest BCUT2D eigenvalue weighted by atomic mass is 32.2. The van der Waals surface area contributed by atoms with Gasteiger partial charge in [-0.2, -0.15) is 0 Å². The molecule has 0 fully saturated rings. The second-order valence-corrected chi connectivity index (χ2v) is 9.58. The third kappa shape index (κ3) is 5.75. The third-order valence-corrected chi connectivity index (χ3v) is 7.41. The Morgan fingerprint density at radius 3 is 2.33 bits per heavy atom. The van der Waals surface area contributed by atoms with E-state index in [0.29, 0.717) is 0 Å². The van der Waals surface area contributed by atoms with Crippen LogP contribution in [0.5, 0.6) is 17.2 Å². The van der Waals surface area contributed by atoms with Crippen LogP contribution in [-0.2, 0) is 11.5 Å². The number of thioether (sulfide) groups is 2. The second kappa shape index (κ2) is 10.5. The lowest BCUT2D eigenvalue weighted by Crippen LogP contribution is -1.90. The van der Waals surface area contributed by atoms with Crippen LogP contribution < -0.4 is 9.47 Å². The van der Waals surface area contributed by atoms with Gasteiger partial charge in [-0.05, 0) is 35.9 Å². The molecule has 0 unspecified atom stereocenters. The molecule has 0 amide bonds. The van der Waals surface area contributed by atoms with Crippen LogP contribution in [0.2, 0.25) is 0 Å². The van der Waals surface area contributed by atoms with Crippen molar-refractivity contribution >= 4 is 34.9 Å². The van der Waals surface area contributed by atoms with Crippen LogP contribution >= 0.6 is 34.9 Å². The highest BCUT2D eigenvalue weighted by molar-refractivity contribution is 8.02. The molecule has 2 aromatic heterocycles. The fourth-order valence-electron chi connectivity index (χ4n) is 2.58. The predicted molar refractivity (Wildman–Crippen MR) is 123 cm³/mol. The number of methoxy groups -OCH3 is 1. The first-order valence-electron chi connectivity index (χ1n) is 9.18. The molecule has 0 saturated heterocycles. The van der Waals surface area contributed by atoms with Gasteiger partial charge < -0.3 is 9.47 Å². The molecule has 0 atom stereocenters. The van der Waals surface area contributed by atoms with E-state index < -0.39 is 0 Å². The number of pyridine rings is 1. The Balaban J connectivity index is 1.33. The summed E-state index contributed by atoms with van der Waals surface area (Å²) in [5.74, 6) is 4.03. The van der Waals surface area contributed by atoms with E-state index in [1.54, 1.807) is 54.4 Å². The lowest BCUT2D eigenvalue weighted by molar-refractivity contribution is 0.414. The summed E-state index contributed by atoms with van der Waals surface area (Å²) in [7, 11) is 1.67. The molecule has 0 saturated carbocycles. The summed E-state index contributed by atoms with van der Waals surface area (Å²) in [5.41, 5.74) is 2.33. The Kier molecular flexibility index (Phi) is 7.23. The van der Waals surface area contributed by atoms with Crippen LogP contribution in [0.15, 0.2) is 81.7 Å². The van der Waals surface area contributed by atoms with E-state index >= 15 is 0 Å². The SMILES string of the molecule is COc1ccc(CSc2nnc(SCc3ccccc3Oc3cccnc3)s2)cc1. The van der Waals surface area contributed by atoms with Gasteiger partial charge in [0.25, 0.3) is 0 Å². The van der Waals surface area contributed by atoms with Crippen molar-refractivity contribution < 1.29 is 9.47 Å². The lowest BCUT2D eigenvalue weighted by atomic mass is 10.2. The molecule has 4 aromatic rings. The second-order valence-electron chi connectivity index (χ2n) is 6.16. The van der Waals surface area contributed by atoms with E-state index in [4.69, 9.17) is 9.47 Å². The van der Waals surface area contributed by atoms with Gasteiger partial charge in [-0.1, -0.05) is 65.2 Å². The van der Waals surface area contributed by atoms with Gasteiger partial charge >= 0.3 is 0 Å². The van der Waals surface area contributed by atoms with Gasteiger partial charge in [0.2, 0.25) is 0 Å². The van der Waals surface area contributed by atoms with Crippen LogP contribution in [-0.4, -0.2) is 22.3 Å². The van der Waals surface area contributed by atoms with Gasteiger partial charge in [0.15, 0.2) is 8.68 Å². The Bertz CT molecular complexity index is 1070. The van der Waals surface area contributed by atoms with Gasteiger partial charge in [-0.25, -0.2) is 0 Å². The molecule has 0 aliphatic carbocycles. The average molecular weight is 454 g/mol. The topological polar surface area (TPSA) is 57.1 Å². The fraction of sp³-hybridized carbons (Fsp3) is 0.136. The maximum Gasteiger partial charge on any atom is 0.175 e. The number of para-hydroxylation sites is 1. The van der Waals surface area contributed by atoms with Gasteiger partial charge in [-0.15, -0.1) is 10.2 Å². The molecule has 0 N–H and O–H groups in total. The Morgan fingerprint density at radius 1 is 0.833 bits per heavy atom. The summed E-state index contributed by atoms with van der Waals surface area (Å²) in [6.45, 7) is 0. The maximum atomic E-state index is 5.99. The highest BCUT2D eigenvalue weighted by Gasteiger charge is 2.10. The summed E-state index contributed by atoms with van der Waals surface area (Å²) in [6.07, 6.45) is 3.44. The standard InChI is InChI=1S/C22H19N3O2S3/c1-26-18-10-8-16(9-11-18)14-28-21-24-25-22(30-21)29-15-17-5-2-3-7-20(17)27-19-6-4-12-23-13-19/h2-13H,14-15H2,1H3. The molecular weight excluding hydrogens is 434 g/mol. The molecular formula is C22H19N3O2S3. The van der Waals surface area contributed by atoms with Crippen molar-refractivity contribution in [3.63, 3.8) is 0 Å². The number of nitrogens with zero attached hydrogens (tertiary/aromatic N) is 3. The van der Waals surface area contributed by atoms with Gasteiger partial charge in [0.1, 0.15) is 17.2 Å². The molecule has 30 heavy (non-hydrogen) atoms. The number of hydrogen-bond acceptors (Lipinski definition) is 8. The maximum absolute atomic E-state index is 5.99. The van der Waals surface area contributed by atoms with Crippen LogP contribution in [0.4, 0.5) is 0 Å². The zero-order valence-corrected chi connectivity index (χ0v) is 18.7. The van der Waals surface area contributed by atoms with E-state index in [9.17, 15) is 0 Å². The van der Waals surface area contributed by atoms with Crippen molar-refractivity contribution in [2.45, 2.75) is 20.2 Å². The molecule has 2 aromatic carbocycles. The summed E-state index contributed by atoms with van der Waals surface area (Å²) in [5, 5.41) is 8.64. The largest absolute Gasteiger partial charge is 0.497 e. The first-order valence-corrected chi connectivity index (χ1v) is 12.0. The molecule has 0 spiro atoms. The minimum atomic E-state index is 0.725. The zero-order valence-electron chi connectivity index (χ0n) is 16.2. The van der Waals surface area contributed by atoms with Crippen LogP contribution in [0.1, 0.15) is 11.1 Å². The molecule has 4 rings (SSSR count). The fourth-order valence-corrected chi connectivity index (χ4v) is 5.54. The normalized spacial score (nSPS) is 10.7. The molecule has 152 valence electrons. The molecule has 0 aliphatic heterocycles. The smallest absolute Gasteiger partial charge is 0.175 e. The third-order valence-electron chi connectivity index (χ3n) is 4.10. The zero-order chi connectivity index (χ0) is 20.6. The Morgan fingerprint density at radius 2 is 1.60 bits per heavy atom. The van der Waals surface area contributed by atoms with E-state index in [1.807, 2.05) is 42.5 Å². The summed E-state index contributed by atoms with van der Waals surface area (Å²) < 4.78 is 13.1. The molecule has 0 aliphatic rings. The first kappa shape index (κ1) is 20.7. The molecule has 2 heterocycles. The van der Waals surface area contributed by atoms with Gasteiger partial charge in [0.05, 0.1) is 13.3 Å². The number of aromatic nitrogens is 3. The molecule has 0 radical (unpaired) electrons. The Labute approximate surface area is 187 Å².